The van der Waals surface area contributed by atoms with Crippen molar-refractivity contribution in [1.29, 1.82) is 0 Å². The predicted octanol–water partition coefficient (Wildman–Crippen LogP) is 2.77. The molecule has 1 aliphatic rings. The highest BCUT2D eigenvalue weighted by Crippen LogP contribution is 2.28. The van der Waals surface area contributed by atoms with Gasteiger partial charge in [-0.2, -0.15) is 0 Å². The van der Waals surface area contributed by atoms with Crippen molar-refractivity contribution >= 4 is 17.3 Å². The summed E-state index contributed by atoms with van der Waals surface area (Å²) in [5.74, 6) is -0.228. The monoisotopic (exact) mass is 349 g/mol. The van der Waals surface area contributed by atoms with Crippen LogP contribution in [0.1, 0.15) is 22.5 Å². The van der Waals surface area contributed by atoms with Gasteiger partial charge in [0.15, 0.2) is 5.69 Å². The molecule has 130 valence electrons. The molecule has 0 spiro atoms. The molecule has 2 aromatic carbocycles. The molecule has 0 radical (unpaired) electrons. The Bertz CT molecular complexity index is 998. The molecule has 26 heavy (non-hydrogen) atoms. The van der Waals surface area contributed by atoms with Crippen molar-refractivity contribution in [3.8, 4) is 5.69 Å². The first kappa shape index (κ1) is 15.9. The molecule has 1 aliphatic heterocycles. The Hall–Kier alpha value is -3.55. The van der Waals surface area contributed by atoms with Gasteiger partial charge in [-0.15, -0.1) is 5.10 Å². The third kappa shape index (κ3) is 2.81. The Kier molecular flexibility index (Phi) is 3.92. The second kappa shape index (κ2) is 6.40. The Morgan fingerprint density at radius 2 is 2.00 bits per heavy atom. The minimum atomic E-state index is -0.475. The van der Waals surface area contributed by atoms with Gasteiger partial charge in [-0.05, 0) is 30.5 Å². The van der Waals surface area contributed by atoms with Crippen LogP contribution in [0.25, 0.3) is 5.69 Å². The van der Waals surface area contributed by atoms with E-state index in [-0.39, 0.29) is 17.3 Å². The SMILES string of the molecule is O=C(c1cn(-c2cccc([N+](=O)[O-])c2)nn1)N1CCCc2ccccc21. The van der Waals surface area contributed by atoms with E-state index in [0.29, 0.717) is 12.2 Å². The number of benzene rings is 2. The van der Waals surface area contributed by atoms with Crippen LogP contribution in [0, 0.1) is 10.1 Å². The van der Waals surface area contributed by atoms with Crippen LogP contribution in [0.5, 0.6) is 0 Å². The van der Waals surface area contributed by atoms with Crippen LogP contribution in [0.3, 0.4) is 0 Å². The Labute approximate surface area is 148 Å². The number of aryl methyl sites for hydroxylation is 1. The molecule has 0 N–H and O–H groups in total. The number of amides is 1. The number of fused-ring (bicyclic) bond motifs is 1. The van der Waals surface area contributed by atoms with Crippen LogP contribution >= 0.6 is 0 Å². The van der Waals surface area contributed by atoms with Gasteiger partial charge in [0.05, 0.1) is 16.8 Å². The van der Waals surface area contributed by atoms with Gasteiger partial charge < -0.3 is 4.90 Å². The molecule has 0 saturated carbocycles. The minimum Gasteiger partial charge on any atom is -0.307 e. The molecule has 0 bridgehead atoms. The lowest BCUT2D eigenvalue weighted by Crippen LogP contribution is -2.35. The van der Waals surface area contributed by atoms with Gasteiger partial charge in [-0.25, -0.2) is 4.68 Å². The third-order valence-corrected chi connectivity index (χ3v) is 4.37. The largest absolute Gasteiger partial charge is 0.307 e. The van der Waals surface area contributed by atoms with E-state index in [9.17, 15) is 14.9 Å². The number of para-hydroxylation sites is 1. The molecule has 0 fully saturated rings. The summed E-state index contributed by atoms with van der Waals surface area (Å²) in [4.78, 5) is 25.0. The van der Waals surface area contributed by atoms with Crippen molar-refractivity contribution < 1.29 is 9.72 Å². The number of carbonyl (C=O) groups excluding carboxylic acids is 1. The van der Waals surface area contributed by atoms with Gasteiger partial charge in [-0.1, -0.05) is 29.5 Å². The lowest BCUT2D eigenvalue weighted by Gasteiger charge is -2.28. The van der Waals surface area contributed by atoms with Gasteiger partial charge in [0, 0.05) is 24.4 Å². The summed E-state index contributed by atoms with van der Waals surface area (Å²) in [6, 6.07) is 13.8. The lowest BCUT2D eigenvalue weighted by molar-refractivity contribution is -0.384. The number of aromatic nitrogens is 3. The molecule has 0 unspecified atom stereocenters. The molecular formula is C18H15N5O3. The molecule has 0 atom stereocenters. The third-order valence-electron chi connectivity index (χ3n) is 4.37. The molecule has 1 aromatic heterocycles. The normalized spacial score (nSPS) is 13.3. The number of anilines is 1. The summed E-state index contributed by atoms with van der Waals surface area (Å²) in [5, 5.41) is 18.8. The second-order valence-corrected chi connectivity index (χ2v) is 6.01. The van der Waals surface area contributed by atoms with Gasteiger partial charge in [0.1, 0.15) is 0 Å². The Balaban J connectivity index is 1.64. The highest BCUT2D eigenvalue weighted by atomic mass is 16.6. The smallest absolute Gasteiger partial charge is 0.280 e. The topological polar surface area (TPSA) is 94.2 Å². The maximum absolute atomic E-state index is 12.9. The van der Waals surface area contributed by atoms with Crippen LogP contribution in [-0.2, 0) is 6.42 Å². The quantitative estimate of drug-likeness (QED) is 0.535. The first-order valence-electron chi connectivity index (χ1n) is 8.20. The number of non-ortho nitro benzene ring substituents is 1. The number of nitro groups is 1. The molecule has 2 heterocycles. The first-order valence-corrected chi connectivity index (χ1v) is 8.20. The Morgan fingerprint density at radius 1 is 1.15 bits per heavy atom. The van der Waals surface area contributed by atoms with E-state index in [1.165, 1.54) is 23.0 Å². The van der Waals surface area contributed by atoms with Crippen molar-refractivity contribution in [2.45, 2.75) is 12.8 Å². The van der Waals surface area contributed by atoms with Crippen molar-refractivity contribution in [2.75, 3.05) is 11.4 Å². The van der Waals surface area contributed by atoms with Crippen LogP contribution < -0.4 is 4.90 Å². The second-order valence-electron chi connectivity index (χ2n) is 6.01. The highest BCUT2D eigenvalue weighted by molar-refractivity contribution is 6.05. The first-order chi connectivity index (χ1) is 12.6. The van der Waals surface area contributed by atoms with Crippen molar-refractivity contribution in [3.05, 3.63) is 76.1 Å². The van der Waals surface area contributed by atoms with E-state index < -0.39 is 4.92 Å². The maximum atomic E-state index is 12.9. The highest BCUT2D eigenvalue weighted by Gasteiger charge is 2.25. The fourth-order valence-electron chi connectivity index (χ4n) is 3.12. The van der Waals surface area contributed by atoms with E-state index in [0.717, 1.165) is 24.1 Å². The summed E-state index contributed by atoms with van der Waals surface area (Å²) < 4.78 is 1.37. The predicted molar refractivity (Wildman–Crippen MR) is 94.5 cm³/mol. The zero-order valence-corrected chi connectivity index (χ0v) is 13.8. The maximum Gasteiger partial charge on any atom is 0.280 e. The molecule has 4 rings (SSSR count). The van der Waals surface area contributed by atoms with Crippen LogP contribution in [0.2, 0.25) is 0 Å². The van der Waals surface area contributed by atoms with E-state index in [2.05, 4.69) is 10.3 Å². The molecular weight excluding hydrogens is 334 g/mol. The summed E-state index contributed by atoms with van der Waals surface area (Å²) in [6.07, 6.45) is 3.33. The summed E-state index contributed by atoms with van der Waals surface area (Å²) in [6.45, 7) is 0.625. The number of hydrogen-bond acceptors (Lipinski definition) is 5. The van der Waals surface area contributed by atoms with E-state index in [1.54, 1.807) is 17.0 Å². The zero-order chi connectivity index (χ0) is 18.1. The number of nitro benzene ring substituents is 1. The number of nitrogens with zero attached hydrogens (tertiary/aromatic N) is 5. The van der Waals surface area contributed by atoms with Gasteiger partial charge in [0.25, 0.3) is 11.6 Å². The fraction of sp³-hybridized carbons (Fsp3) is 0.167. The van der Waals surface area contributed by atoms with Crippen LogP contribution in [0.4, 0.5) is 11.4 Å². The lowest BCUT2D eigenvalue weighted by atomic mass is 10.0. The molecule has 8 heteroatoms. The van der Waals surface area contributed by atoms with Gasteiger partial charge in [0.2, 0.25) is 0 Å². The molecule has 1 amide bonds. The van der Waals surface area contributed by atoms with Gasteiger partial charge in [-0.3, -0.25) is 14.9 Å². The van der Waals surface area contributed by atoms with E-state index in [1.807, 2.05) is 24.3 Å². The van der Waals surface area contributed by atoms with Gasteiger partial charge >= 0.3 is 0 Å². The molecule has 8 nitrogen and oxygen atoms in total. The fourth-order valence-corrected chi connectivity index (χ4v) is 3.12. The summed E-state index contributed by atoms with van der Waals surface area (Å²) in [7, 11) is 0. The van der Waals surface area contributed by atoms with Crippen molar-refractivity contribution in [3.63, 3.8) is 0 Å². The van der Waals surface area contributed by atoms with Crippen LogP contribution in [0.15, 0.2) is 54.7 Å². The summed E-state index contributed by atoms with van der Waals surface area (Å²) >= 11 is 0. The van der Waals surface area contributed by atoms with E-state index in [4.69, 9.17) is 0 Å². The van der Waals surface area contributed by atoms with Crippen molar-refractivity contribution in [1.82, 2.24) is 15.0 Å². The average molecular weight is 349 g/mol. The van der Waals surface area contributed by atoms with Crippen molar-refractivity contribution in [2.24, 2.45) is 0 Å². The standard InChI is InChI=1S/C18H15N5O3/c24-18(21-10-4-6-13-5-1-2-9-17(13)21)16-12-22(20-19-16)14-7-3-8-15(11-14)23(25)26/h1-3,5,7-9,11-12H,4,6,10H2. The number of carbonyl (C=O) groups is 1. The number of rotatable bonds is 3. The zero-order valence-electron chi connectivity index (χ0n) is 13.8. The van der Waals surface area contributed by atoms with E-state index >= 15 is 0 Å². The Morgan fingerprint density at radius 3 is 2.85 bits per heavy atom. The molecule has 0 aliphatic carbocycles. The average Bonchev–Trinajstić information content (AvgIpc) is 3.17. The number of hydrogen-bond donors (Lipinski definition) is 0. The summed E-state index contributed by atoms with van der Waals surface area (Å²) in [5.41, 5.74) is 2.67. The molecule has 0 saturated heterocycles. The minimum absolute atomic E-state index is 0.0455. The van der Waals surface area contributed by atoms with Crippen LogP contribution in [-0.4, -0.2) is 32.4 Å². The molecule has 3 aromatic rings.